The summed E-state index contributed by atoms with van der Waals surface area (Å²) in [6, 6.07) is 15.4. The molecule has 154 valence electrons. The third kappa shape index (κ3) is 7.36. The first-order chi connectivity index (χ1) is 13.9. The molecule has 3 atom stereocenters. The fraction of sp³-hybridized carbons (Fsp3) is 0.286. The molecule has 0 aliphatic rings. The quantitative estimate of drug-likeness (QED) is 0.375. The van der Waals surface area contributed by atoms with Gasteiger partial charge in [0.1, 0.15) is 6.04 Å². The summed E-state index contributed by atoms with van der Waals surface area (Å²) in [6.45, 7) is -0.291. The van der Waals surface area contributed by atoms with E-state index >= 15 is 0 Å². The summed E-state index contributed by atoms with van der Waals surface area (Å²) in [6.07, 6.45) is 0.589. The molecule has 0 fully saturated rings. The second-order valence-electron chi connectivity index (χ2n) is 6.74. The minimum Gasteiger partial charge on any atom is -0.480 e. The van der Waals surface area contributed by atoms with E-state index in [1.54, 1.807) is 0 Å². The SMILES string of the molecule is N[C@H](Cc1ccccc1)C(=O)N[C@@H](CNC(=O)[C@@H](N)Cc1ccccc1)C(=O)O. The maximum absolute atomic E-state index is 12.2. The first kappa shape index (κ1) is 22.1. The first-order valence-corrected chi connectivity index (χ1v) is 9.26. The third-order valence-corrected chi connectivity index (χ3v) is 4.37. The number of nitrogens with one attached hydrogen (secondary N) is 2. The number of amides is 2. The van der Waals surface area contributed by atoms with Crippen molar-refractivity contribution < 1.29 is 19.5 Å². The standard InChI is InChI=1S/C21H26N4O4/c22-16(11-14-7-3-1-4-8-14)19(26)24-13-18(21(28)29)25-20(27)17(23)12-15-9-5-2-6-10-15/h1-10,16-18H,11-13,22-23H2,(H,24,26)(H,25,27)(H,28,29)/t16-,17+,18-/m0/s1. The van der Waals surface area contributed by atoms with E-state index in [1.807, 2.05) is 60.7 Å². The van der Waals surface area contributed by atoms with Gasteiger partial charge in [-0.05, 0) is 24.0 Å². The van der Waals surface area contributed by atoms with E-state index in [0.717, 1.165) is 11.1 Å². The van der Waals surface area contributed by atoms with Crippen molar-refractivity contribution in [2.45, 2.75) is 31.0 Å². The Bertz CT molecular complexity index is 814. The molecule has 29 heavy (non-hydrogen) atoms. The number of carbonyl (C=O) groups excluding carboxylic acids is 2. The van der Waals surface area contributed by atoms with Crippen LogP contribution in [0.15, 0.2) is 60.7 Å². The van der Waals surface area contributed by atoms with Crippen LogP contribution in [-0.2, 0) is 27.2 Å². The lowest BCUT2D eigenvalue weighted by atomic mass is 10.1. The van der Waals surface area contributed by atoms with Crippen LogP contribution in [0.5, 0.6) is 0 Å². The summed E-state index contributed by atoms with van der Waals surface area (Å²) in [7, 11) is 0. The second-order valence-corrected chi connectivity index (χ2v) is 6.74. The fourth-order valence-electron chi connectivity index (χ4n) is 2.73. The Morgan fingerprint density at radius 1 is 0.793 bits per heavy atom. The molecule has 2 rings (SSSR count). The van der Waals surface area contributed by atoms with Gasteiger partial charge in [-0.3, -0.25) is 9.59 Å². The van der Waals surface area contributed by atoms with Crippen LogP contribution in [0.2, 0.25) is 0 Å². The van der Waals surface area contributed by atoms with Gasteiger partial charge in [-0.25, -0.2) is 4.79 Å². The van der Waals surface area contributed by atoms with Crippen molar-refractivity contribution in [2.75, 3.05) is 6.54 Å². The van der Waals surface area contributed by atoms with Gasteiger partial charge in [0, 0.05) is 6.54 Å². The summed E-state index contributed by atoms with van der Waals surface area (Å²) in [5.41, 5.74) is 13.5. The van der Waals surface area contributed by atoms with Gasteiger partial charge in [-0.15, -0.1) is 0 Å². The Kier molecular flexibility index (Phi) is 8.32. The molecule has 0 saturated heterocycles. The number of nitrogens with two attached hydrogens (primary N) is 2. The predicted octanol–water partition coefficient (Wildman–Crippen LogP) is -0.188. The van der Waals surface area contributed by atoms with Crippen LogP contribution in [0, 0.1) is 0 Å². The van der Waals surface area contributed by atoms with Gasteiger partial charge < -0.3 is 27.2 Å². The Morgan fingerprint density at radius 3 is 1.69 bits per heavy atom. The molecule has 2 aromatic carbocycles. The molecule has 0 heterocycles. The molecule has 0 radical (unpaired) electrons. The molecule has 0 saturated carbocycles. The lowest BCUT2D eigenvalue weighted by Crippen LogP contribution is -2.54. The summed E-state index contributed by atoms with van der Waals surface area (Å²) >= 11 is 0. The highest BCUT2D eigenvalue weighted by Gasteiger charge is 2.25. The van der Waals surface area contributed by atoms with Crippen molar-refractivity contribution >= 4 is 17.8 Å². The smallest absolute Gasteiger partial charge is 0.328 e. The minimum absolute atomic E-state index is 0.271. The number of carbonyl (C=O) groups is 3. The molecular weight excluding hydrogens is 372 g/mol. The zero-order chi connectivity index (χ0) is 21.2. The molecule has 0 unspecified atom stereocenters. The van der Waals surface area contributed by atoms with Gasteiger partial charge in [0.15, 0.2) is 0 Å². The summed E-state index contributed by atoms with van der Waals surface area (Å²) in [5.74, 6) is -2.38. The summed E-state index contributed by atoms with van der Waals surface area (Å²) in [4.78, 5) is 35.9. The molecule has 0 bridgehead atoms. The lowest BCUT2D eigenvalue weighted by molar-refractivity contribution is -0.142. The van der Waals surface area contributed by atoms with Crippen LogP contribution in [0.25, 0.3) is 0 Å². The van der Waals surface area contributed by atoms with E-state index in [9.17, 15) is 19.5 Å². The van der Waals surface area contributed by atoms with Crippen molar-refractivity contribution in [3.63, 3.8) is 0 Å². The Labute approximate surface area is 169 Å². The number of carboxylic acids is 1. The third-order valence-electron chi connectivity index (χ3n) is 4.37. The predicted molar refractivity (Wildman–Crippen MR) is 109 cm³/mol. The molecule has 2 amide bonds. The van der Waals surface area contributed by atoms with Crippen molar-refractivity contribution in [1.82, 2.24) is 10.6 Å². The van der Waals surface area contributed by atoms with Gasteiger partial charge in [0.2, 0.25) is 11.8 Å². The van der Waals surface area contributed by atoms with Crippen molar-refractivity contribution in [3.8, 4) is 0 Å². The molecule has 7 N–H and O–H groups in total. The van der Waals surface area contributed by atoms with Crippen LogP contribution >= 0.6 is 0 Å². The molecule has 8 nitrogen and oxygen atoms in total. The highest BCUT2D eigenvalue weighted by Crippen LogP contribution is 2.03. The summed E-state index contributed by atoms with van der Waals surface area (Å²) < 4.78 is 0. The average Bonchev–Trinajstić information content (AvgIpc) is 2.71. The van der Waals surface area contributed by atoms with E-state index < -0.39 is 35.9 Å². The van der Waals surface area contributed by atoms with Gasteiger partial charge in [0.05, 0.1) is 12.1 Å². The Balaban J connectivity index is 1.84. The van der Waals surface area contributed by atoms with Gasteiger partial charge >= 0.3 is 5.97 Å². The van der Waals surface area contributed by atoms with E-state index in [-0.39, 0.29) is 13.0 Å². The second kappa shape index (κ2) is 10.9. The number of aliphatic carboxylic acids is 1. The maximum atomic E-state index is 12.2. The highest BCUT2D eigenvalue weighted by atomic mass is 16.4. The topological polar surface area (TPSA) is 148 Å². The van der Waals surface area contributed by atoms with Crippen LogP contribution in [0.3, 0.4) is 0 Å². The minimum atomic E-state index is -1.31. The zero-order valence-electron chi connectivity index (χ0n) is 16.0. The molecule has 2 aromatic rings. The Morgan fingerprint density at radius 2 is 1.24 bits per heavy atom. The number of carboxylic acid groups (broad SMARTS) is 1. The molecule has 0 aromatic heterocycles. The number of hydrogen-bond donors (Lipinski definition) is 5. The molecular formula is C21H26N4O4. The first-order valence-electron chi connectivity index (χ1n) is 9.26. The Hall–Kier alpha value is -3.23. The van der Waals surface area contributed by atoms with E-state index in [1.165, 1.54) is 0 Å². The largest absolute Gasteiger partial charge is 0.480 e. The fourth-order valence-corrected chi connectivity index (χ4v) is 2.73. The summed E-state index contributed by atoms with van der Waals surface area (Å²) in [5, 5.41) is 14.2. The zero-order valence-corrected chi connectivity index (χ0v) is 16.0. The lowest BCUT2D eigenvalue weighted by Gasteiger charge is -2.19. The number of rotatable bonds is 10. The molecule has 0 aliphatic carbocycles. The molecule has 0 spiro atoms. The monoisotopic (exact) mass is 398 g/mol. The van der Waals surface area contributed by atoms with Gasteiger partial charge in [-0.1, -0.05) is 60.7 Å². The van der Waals surface area contributed by atoms with Gasteiger partial charge in [-0.2, -0.15) is 0 Å². The normalized spacial score (nSPS) is 13.7. The van der Waals surface area contributed by atoms with Crippen molar-refractivity contribution in [1.29, 1.82) is 0 Å². The van der Waals surface area contributed by atoms with E-state index in [4.69, 9.17) is 11.5 Å². The molecule has 8 heteroatoms. The van der Waals surface area contributed by atoms with E-state index in [2.05, 4.69) is 10.6 Å². The number of benzene rings is 2. The van der Waals surface area contributed by atoms with Crippen molar-refractivity contribution in [3.05, 3.63) is 71.8 Å². The number of hydrogen-bond acceptors (Lipinski definition) is 5. The van der Waals surface area contributed by atoms with Crippen LogP contribution in [-0.4, -0.2) is 47.6 Å². The van der Waals surface area contributed by atoms with Crippen LogP contribution in [0.4, 0.5) is 0 Å². The van der Waals surface area contributed by atoms with Gasteiger partial charge in [0.25, 0.3) is 0 Å². The van der Waals surface area contributed by atoms with Crippen molar-refractivity contribution in [2.24, 2.45) is 11.5 Å². The average molecular weight is 398 g/mol. The molecule has 0 aliphatic heterocycles. The van der Waals surface area contributed by atoms with Crippen LogP contribution in [0.1, 0.15) is 11.1 Å². The maximum Gasteiger partial charge on any atom is 0.328 e. The van der Waals surface area contributed by atoms with E-state index in [0.29, 0.717) is 6.42 Å². The highest BCUT2D eigenvalue weighted by molar-refractivity contribution is 5.88. The van der Waals surface area contributed by atoms with Crippen LogP contribution < -0.4 is 22.1 Å².